The molecule has 1 heterocycles. The number of carbonyl (C=O) groups excluding carboxylic acids is 2. The summed E-state index contributed by atoms with van der Waals surface area (Å²) >= 11 is 1.44. The molecule has 1 aromatic heterocycles. The van der Waals surface area contributed by atoms with Gasteiger partial charge in [-0.25, -0.2) is 0 Å². The van der Waals surface area contributed by atoms with E-state index in [-0.39, 0.29) is 11.7 Å². The van der Waals surface area contributed by atoms with Crippen LogP contribution in [-0.4, -0.2) is 16.3 Å². The number of terminal acetylenes is 1. The molecule has 2 aromatic carbocycles. The molecule has 3 rings (SSSR count). The summed E-state index contributed by atoms with van der Waals surface area (Å²) in [7, 11) is 0. The van der Waals surface area contributed by atoms with Crippen LogP contribution < -0.4 is 4.80 Å². The fraction of sp³-hybridized carbons (Fsp3) is 0.190. The Kier molecular flexibility index (Phi) is 4.88. The fourth-order valence-electron chi connectivity index (χ4n) is 2.65. The van der Waals surface area contributed by atoms with E-state index < -0.39 is 0 Å². The zero-order valence-electron chi connectivity index (χ0n) is 14.9. The lowest BCUT2D eigenvalue weighted by atomic mass is 10.1. The van der Waals surface area contributed by atoms with Crippen LogP contribution >= 0.6 is 11.3 Å². The zero-order chi connectivity index (χ0) is 18.8. The molecule has 5 heteroatoms. The molecule has 0 radical (unpaired) electrons. The third kappa shape index (κ3) is 3.37. The molecule has 4 nitrogen and oxygen atoms in total. The SMILES string of the molecule is C#CCn1c(=NC(=O)c2ccc(C(C)=O)cc2)sc2cc(C)c(C)cc21. The summed E-state index contributed by atoms with van der Waals surface area (Å²) in [5.41, 5.74) is 4.33. The number of thiazole rings is 1. The molecule has 3 aromatic rings. The van der Waals surface area contributed by atoms with E-state index in [0.29, 0.717) is 22.5 Å². The van der Waals surface area contributed by atoms with Gasteiger partial charge in [-0.1, -0.05) is 29.4 Å². The molecule has 0 aliphatic rings. The molecule has 0 bridgehead atoms. The number of aromatic nitrogens is 1. The predicted molar refractivity (Wildman–Crippen MR) is 104 cm³/mol. The van der Waals surface area contributed by atoms with Gasteiger partial charge >= 0.3 is 0 Å². The molecule has 0 aliphatic carbocycles. The van der Waals surface area contributed by atoms with E-state index in [9.17, 15) is 9.59 Å². The summed E-state index contributed by atoms with van der Waals surface area (Å²) in [4.78, 5) is 28.8. The summed E-state index contributed by atoms with van der Waals surface area (Å²) in [6.07, 6.45) is 5.51. The summed E-state index contributed by atoms with van der Waals surface area (Å²) in [5.74, 6) is 2.24. The number of nitrogens with zero attached hydrogens (tertiary/aromatic N) is 2. The van der Waals surface area contributed by atoms with Crippen molar-refractivity contribution in [3.63, 3.8) is 0 Å². The third-order valence-electron chi connectivity index (χ3n) is 4.28. The Morgan fingerprint density at radius 1 is 1.12 bits per heavy atom. The molecule has 0 atom stereocenters. The van der Waals surface area contributed by atoms with Crippen LogP contribution in [0.1, 0.15) is 38.8 Å². The second-order valence-corrected chi connectivity index (χ2v) is 7.14. The lowest BCUT2D eigenvalue weighted by Gasteiger charge is -2.03. The van der Waals surface area contributed by atoms with Crippen molar-refractivity contribution in [3.8, 4) is 12.3 Å². The number of amides is 1. The molecular formula is C21H18N2O2S. The monoisotopic (exact) mass is 362 g/mol. The van der Waals surface area contributed by atoms with Gasteiger partial charge in [-0.15, -0.1) is 6.42 Å². The van der Waals surface area contributed by atoms with Gasteiger partial charge in [0.25, 0.3) is 5.91 Å². The largest absolute Gasteiger partial charge is 0.305 e. The highest BCUT2D eigenvalue weighted by Gasteiger charge is 2.10. The number of Topliss-reactive ketones (excluding diaryl/α,β-unsaturated/α-hetero) is 1. The Morgan fingerprint density at radius 2 is 1.73 bits per heavy atom. The first kappa shape index (κ1) is 17.8. The molecule has 0 saturated carbocycles. The zero-order valence-corrected chi connectivity index (χ0v) is 15.7. The van der Waals surface area contributed by atoms with Crippen LogP contribution in [0.15, 0.2) is 41.4 Å². The minimum atomic E-state index is -0.356. The lowest BCUT2D eigenvalue weighted by molar-refractivity contribution is 0.0991. The number of ketones is 1. The first-order chi connectivity index (χ1) is 12.4. The van der Waals surface area contributed by atoms with Crippen LogP contribution in [0.4, 0.5) is 0 Å². The first-order valence-electron chi connectivity index (χ1n) is 8.15. The minimum absolute atomic E-state index is 0.0388. The number of hydrogen-bond donors (Lipinski definition) is 0. The van der Waals surface area contributed by atoms with E-state index in [1.807, 2.05) is 11.5 Å². The van der Waals surface area contributed by atoms with Gasteiger partial charge in [0.05, 0.1) is 16.8 Å². The quantitative estimate of drug-likeness (QED) is 0.524. The highest BCUT2D eigenvalue weighted by Crippen LogP contribution is 2.22. The molecule has 130 valence electrons. The molecule has 0 fully saturated rings. The molecule has 0 saturated heterocycles. The molecular weight excluding hydrogens is 344 g/mol. The Morgan fingerprint density at radius 3 is 2.35 bits per heavy atom. The van der Waals surface area contributed by atoms with Gasteiger partial charge in [0.1, 0.15) is 0 Å². The third-order valence-corrected chi connectivity index (χ3v) is 5.32. The number of aryl methyl sites for hydroxylation is 2. The smallest absolute Gasteiger partial charge is 0.279 e. The topological polar surface area (TPSA) is 51.4 Å². The van der Waals surface area contributed by atoms with Gasteiger partial charge in [0, 0.05) is 11.1 Å². The Labute approximate surface area is 155 Å². The van der Waals surface area contributed by atoms with Crippen LogP contribution in [-0.2, 0) is 6.54 Å². The molecule has 0 unspecified atom stereocenters. The van der Waals surface area contributed by atoms with Crippen molar-refractivity contribution in [2.24, 2.45) is 4.99 Å². The maximum absolute atomic E-state index is 12.6. The van der Waals surface area contributed by atoms with Crippen molar-refractivity contribution in [3.05, 3.63) is 63.5 Å². The molecule has 1 amide bonds. The number of benzene rings is 2. The number of carbonyl (C=O) groups is 2. The van der Waals surface area contributed by atoms with Crippen LogP contribution in [0.5, 0.6) is 0 Å². The molecule has 26 heavy (non-hydrogen) atoms. The standard InChI is InChI=1S/C21H18N2O2S/c1-5-10-23-18-11-13(2)14(3)12-19(18)26-21(23)22-20(25)17-8-6-16(7-9-17)15(4)24/h1,6-9,11-12H,10H2,2-4H3. The summed E-state index contributed by atoms with van der Waals surface area (Å²) in [6.45, 7) is 5.94. The minimum Gasteiger partial charge on any atom is -0.305 e. The Balaban J connectivity index is 2.11. The van der Waals surface area contributed by atoms with Crippen LogP contribution in [0, 0.1) is 26.2 Å². The summed E-state index contributed by atoms with van der Waals surface area (Å²) < 4.78 is 2.93. The highest BCUT2D eigenvalue weighted by atomic mass is 32.1. The number of fused-ring (bicyclic) bond motifs is 1. The highest BCUT2D eigenvalue weighted by molar-refractivity contribution is 7.16. The predicted octanol–water partition coefficient (Wildman–Crippen LogP) is 3.90. The van der Waals surface area contributed by atoms with E-state index in [2.05, 4.69) is 30.0 Å². The van der Waals surface area contributed by atoms with Gasteiger partial charge in [-0.2, -0.15) is 4.99 Å². The van der Waals surface area contributed by atoms with Gasteiger partial charge < -0.3 is 4.57 Å². The van der Waals surface area contributed by atoms with Gasteiger partial charge in [0.2, 0.25) is 0 Å². The average Bonchev–Trinajstić information content (AvgIpc) is 2.92. The van der Waals surface area contributed by atoms with Crippen molar-refractivity contribution in [2.45, 2.75) is 27.3 Å². The number of hydrogen-bond acceptors (Lipinski definition) is 3. The second-order valence-electron chi connectivity index (χ2n) is 6.13. The maximum atomic E-state index is 12.6. The van der Waals surface area contributed by atoms with Crippen molar-refractivity contribution >= 4 is 33.2 Å². The molecule has 0 N–H and O–H groups in total. The summed E-state index contributed by atoms with van der Waals surface area (Å²) in [5, 5.41) is 0. The van der Waals surface area contributed by atoms with Crippen LogP contribution in [0.3, 0.4) is 0 Å². The van der Waals surface area contributed by atoms with E-state index >= 15 is 0 Å². The number of rotatable bonds is 3. The van der Waals surface area contributed by atoms with Crippen LogP contribution in [0.2, 0.25) is 0 Å². The van der Waals surface area contributed by atoms with Crippen molar-refractivity contribution < 1.29 is 9.59 Å². The molecule has 0 aliphatic heterocycles. The lowest BCUT2D eigenvalue weighted by Crippen LogP contribution is -2.16. The fourth-order valence-corrected chi connectivity index (χ4v) is 3.76. The van der Waals surface area contributed by atoms with Gasteiger partial charge in [0.15, 0.2) is 10.6 Å². The van der Waals surface area contributed by atoms with Gasteiger partial charge in [-0.3, -0.25) is 9.59 Å². The molecule has 0 spiro atoms. The van der Waals surface area contributed by atoms with Crippen molar-refractivity contribution in [1.82, 2.24) is 4.57 Å². The van der Waals surface area contributed by atoms with Crippen LogP contribution in [0.25, 0.3) is 10.2 Å². The van der Waals surface area contributed by atoms with E-state index in [1.54, 1.807) is 24.3 Å². The first-order valence-corrected chi connectivity index (χ1v) is 8.96. The maximum Gasteiger partial charge on any atom is 0.279 e. The Hall–Kier alpha value is -2.97. The average molecular weight is 362 g/mol. The van der Waals surface area contributed by atoms with Crippen molar-refractivity contribution in [2.75, 3.05) is 0 Å². The van der Waals surface area contributed by atoms with Crippen molar-refractivity contribution in [1.29, 1.82) is 0 Å². The van der Waals surface area contributed by atoms with E-state index in [4.69, 9.17) is 6.42 Å². The van der Waals surface area contributed by atoms with E-state index in [0.717, 1.165) is 10.2 Å². The second kappa shape index (κ2) is 7.11. The normalized spacial score (nSPS) is 11.5. The summed E-state index contributed by atoms with van der Waals surface area (Å²) in [6, 6.07) is 10.7. The Bertz CT molecular complexity index is 1130. The van der Waals surface area contributed by atoms with E-state index in [1.165, 1.54) is 29.4 Å². The van der Waals surface area contributed by atoms with Gasteiger partial charge in [-0.05, 0) is 56.2 Å².